The van der Waals surface area contributed by atoms with E-state index in [1.165, 1.54) is 11.1 Å². The van der Waals surface area contributed by atoms with Gasteiger partial charge in [-0.25, -0.2) is 5.90 Å². The molecule has 0 amide bonds. The fourth-order valence-corrected chi connectivity index (χ4v) is 1.57. The van der Waals surface area contributed by atoms with Crippen molar-refractivity contribution in [2.45, 2.75) is 26.2 Å². The first-order chi connectivity index (χ1) is 6.29. The molecule has 1 rings (SSSR count). The Morgan fingerprint density at radius 2 is 2.08 bits per heavy atom. The monoisotopic (exact) mass is 179 g/mol. The lowest BCUT2D eigenvalue weighted by atomic mass is 9.95. The van der Waals surface area contributed by atoms with E-state index < -0.39 is 0 Å². The summed E-state index contributed by atoms with van der Waals surface area (Å²) >= 11 is 0. The van der Waals surface area contributed by atoms with Crippen LogP contribution in [0.25, 0.3) is 0 Å². The number of benzene rings is 1. The molecule has 2 N–H and O–H groups in total. The lowest BCUT2D eigenvalue weighted by Gasteiger charge is -2.13. The Labute approximate surface area is 79.7 Å². The third kappa shape index (κ3) is 2.54. The Balaban J connectivity index is 2.85. The summed E-state index contributed by atoms with van der Waals surface area (Å²) in [7, 11) is 0. The highest BCUT2D eigenvalue weighted by Crippen LogP contribution is 2.19. The van der Waals surface area contributed by atoms with Gasteiger partial charge in [0, 0.05) is 5.92 Å². The number of nitrogens with two attached hydrogens (primary N) is 1. The van der Waals surface area contributed by atoms with Gasteiger partial charge in [-0.1, -0.05) is 38.1 Å². The minimum absolute atomic E-state index is 0.376. The predicted octanol–water partition coefficient (Wildman–Crippen LogP) is 2.24. The molecule has 1 unspecified atom stereocenters. The Bertz CT molecular complexity index is 260. The molecule has 1 atom stereocenters. The van der Waals surface area contributed by atoms with Crippen LogP contribution in [0.2, 0.25) is 0 Å². The number of rotatable bonds is 4. The highest BCUT2D eigenvalue weighted by Gasteiger charge is 2.08. The fourth-order valence-electron chi connectivity index (χ4n) is 1.57. The summed E-state index contributed by atoms with van der Waals surface area (Å²) in [6, 6.07) is 8.42. The molecule has 72 valence electrons. The average Bonchev–Trinajstić information content (AvgIpc) is 2.18. The Morgan fingerprint density at radius 3 is 2.69 bits per heavy atom. The number of hydrogen-bond donors (Lipinski definition) is 1. The Kier molecular flexibility index (Phi) is 3.93. The molecule has 13 heavy (non-hydrogen) atoms. The van der Waals surface area contributed by atoms with E-state index in [-0.39, 0.29) is 0 Å². The normalized spacial score (nSPS) is 12.8. The molecular formula is C11H17NO. The Hall–Kier alpha value is -0.860. The SMILES string of the molecule is CCc1ccccc1C(C)CON. The molecule has 0 aliphatic carbocycles. The number of hydrogen-bond acceptors (Lipinski definition) is 2. The highest BCUT2D eigenvalue weighted by atomic mass is 16.6. The van der Waals surface area contributed by atoms with E-state index in [0.717, 1.165) is 6.42 Å². The summed E-state index contributed by atoms with van der Waals surface area (Å²) in [6.07, 6.45) is 1.06. The van der Waals surface area contributed by atoms with Gasteiger partial charge in [-0.05, 0) is 17.5 Å². The van der Waals surface area contributed by atoms with Crippen LogP contribution in [0.4, 0.5) is 0 Å². The first-order valence-electron chi connectivity index (χ1n) is 4.69. The van der Waals surface area contributed by atoms with Crippen molar-refractivity contribution in [2.75, 3.05) is 6.61 Å². The van der Waals surface area contributed by atoms with Gasteiger partial charge in [0.15, 0.2) is 0 Å². The van der Waals surface area contributed by atoms with Gasteiger partial charge in [-0.15, -0.1) is 0 Å². The highest BCUT2D eigenvalue weighted by molar-refractivity contribution is 5.29. The van der Waals surface area contributed by atoms with E-state index in [4.69, 9.17) is 5.90 Å². The maximum atomic E-state index is 5.06. The van der Waals surface area contributed by atoms with Gasteiger partial charge in [-0.3, -0.25) is 0 Å². The summed E-state index contributed by atoms with van der Waals surface area (Å²) in [5.41, 5.74) is 2.72. The smallest absolute Gasteiger partial charge is 0.0745 e. The molecule has 0 bridgehead atoms. The molecule has 0 saturated carbocycles. The van der Waals surface area contributed by atoms with Crippen LogP contribution in [0.5, 0.6) is 0 Å². The first-order valence-corrected chi connectivity index (χ1v) is 4.69. The average molecular weight is 179 g/mol. The minimum atomic E-state index is 0.376. The van der Waals surface area contributed by atoms with Crippen LogP contribution in [0.1, 0.15) is 30.9 Å². The van der Waals surface area contributed by atoms with Gasteiger partial charge < -0.3 is 4.84 Å². The molecule has 0 radical (unpaired) electrons. The largest absolute Gasteiger partial charge is 0.304 e. The van der Waals surface area contributed by atoms with Gasteiger partial charge in [0.25, 0.3) is 0 Å². The molecular weight excluding hydrogens is 162 g/mol. The molecule has 2 heteroatoms. The van der Waals surface area contributed by atoms with E-state index in [1.54, 1.807) is 0 Å². The second kappa shape index (κ2) is 5.00. The van der Waals surface area contributed by atoms with E-state index >= 15 is 0 Å². The molecule has 0 heterocycles. The molecule has 0 saturated heterocycles. The second-order valence-electron chi connectivity index (χ2n) is 3.29. The number of aryl methyl sites for hydroxylation is 1. The van der Waals surface area contributed by atoms with Crippen LogP contribution >= 0.6 is 0 Å². The van der Waals surface area contributed by atoms with Crippen LogP contribution in [-0.2, 0) is 11.3 Å². The van der Waals surface area contributed by atoms with Crippen molar-refractivity contribution in [3.05, 3.63) is 35.4 Å². The molecule has 0 aliphatic rings. The van der Waals surface area contributed by atoms with E-state index in [9.17, 15) is 0 Å². The predicted molar refractivity (Wildman–Crippen MR) is 54.4 cm³/mol. The van der Waals surface area contributed by atoms with Crippen LogP contribution in [0, 0.1) is 0 Å². The molecule has 0 spiro atoms. The first kappa shape index (κ1) is 10.2. The van der Waals surface area contributed by atoms with Gasteiger partial charge in [0.05, 0.1) is 6.61 Å². The minimum Gasteiger partial charge on any atom is -0.304 e. The van der Waals surface area contributed by atoms with Crippen molar-refractivity contribution in [3.8, 4) is 0 Å². The van der Waals surface area contributed by atoms with Crippen molar-refractivity contribution in [3.63, 3.8) is 0 Å². The molecule has 1 aromatic rings. The molecule has 2 nitrogen and oxygen atoms in total. The molecule has 0 fully saturated rings. The standard InChI is InChI=1S/C11H17NO/c1-3-10-6-4-5-7-11(10)9(2)8-13-12/h4-7,9H,3,8,12H2,1-2H3. The third-order valence-electron chi connectivity index (χ3n) is 2.31. The fraction of sp³-hybridized carbons (Fsp3) is 0.455. The van der Waals surface area contributed by atoms with Crippen molar-refractivity contribution >= 4 is 0 Å². The molecule has 0 aliphatic heterocycles. The van der Waals surface area contributed by atoms with Crippen molar-refractivity contribution < 1.29 is 4.84 Å². The summed E-state index contributed by atoms with van der Waals surface area (Å²) in [4.78, 5) is 4.66. The zero-order chi connectivity index (χ0) is 9.68. The Morgan fingerprint density at radius 1 is 1.38 bits per heavy atom. The molecule has 1 aromatic carbocycles. The quantitative estimate of drug-likeness (QED) is 0.719. The van der Waals surface area contributed by atoms with Crippen molar-refractivity contribution in [1.29, 1.82) is 0 Å². The van der Waals surface area contributed by atoms with E-state index in [0.29, 0.717) is 12.5 Å². The van der Waals surface area contributed by atoms with E-state index in [1.807, 2.05) is 0 Å². The zero-order valence-electron chi connectivity index (χ0n) is 8.29. The summed E-state index contributed by atoms with van der Waals surface area (Å²) in [5.74, 6) is 5.43. The summed E-state index contributed by atoms with van der Waals surface area (Å²) in [6.45, 7) is 4.87. The van der Waals surface area contributed by atoms with Gasteiger partial charge in [0.1, 0.15) is 0 Å². The van der Waals surface area contributed by atoms with Crippen molar-refractivity contribution in [2.24, 2.45) is 5.90 Å². The summed E-state index contributed by atoms with van der Waals surface area (Å²) < 4.78 is 0. The van der Waals surface area contributed by atoms with Crippen LogP contribution in [0.3, 0.4) is 0 Å². The lowest BCUT2D eigenvalue weighted by Crippen LogP contribution is -2.10. The van der Waals surface area contributed by atoms with Crippen LogP contribution in [0.15, 0.2) is 24.3 Å². The van der Waals surface area contributed by atoms with Crippen LogP contribution in [-0.4, -0.2) is 6.61 Å². The van der Waals surface area contributed by atoms with Gasteiger partial charge >= 0.3 is 0 Å². The lowest BCUT2D eigenvalue weighted by molar-refractivity contribution is 0.126. The maximum absolute atomic E-state index is 5.06. The van der Waals surface area contributed by atoms with Crippen LogP contribution < -0.4 is 5.90 Å². The topological polar surface area (TPSA) is 35.2 Å². The summed E-state index contributed by atoms with van der Waals surface area (Å²) in [5, 5.41) is 0. The third-order valence-corrected chi connectivity index (χ3v) is 2.31. The second-order valence-corrected chi connectivity index (χ2v) is 3.29. The van der Waals surface area contributed by atoms with Gasteiger partial charge in [-0.2, -0.15) is 0 Å². The maximum Gasteiger partial charge on any atom is 0.0745 e. The van der Waals surface area contributed by atoms with Gasteiger partial charge in [0.2, 0.25) is 0 Å². The van der Waals surface area contributed by atoms with E-state index in [2.05, 4.69) is 43.0 Å². The zero-order valence-corrected chi connectivity index (χ0v) is 8.29. The van der Waals surface area contributed by atoms with Crippen molar-refractivity contribution in [1.82, 2.24) is 0 Å². The molecule has 0 aromatic heterocycles.